The molecule has 3 fully saturated rings. The number of anilines is 1. The van der Waals surface area contributed by atoms with Gasteiger partial charge in [0, 0.05) is 24.4 Å². The van der Waals surface area contributed by atoms with Crippen molar-refractivity contribution in [3.8, 4) is 11.3 Å². The molecular formula is C25H23F2N7O2. The van der Waals surface area contributed by atoms with Crippen molar-refractivity contribution in [2.45, 2.75) is 44.6 Å². The van der Waals surface area contributed by atoms with Crippen LogP contribution in [0, 0.1) is 25.5 Å². The topological polar surface area (TPSA) is 91.1 Å². The van der Waals surface area contributed by atoms with Crippen LogP contribution in [0.3, 0.4) is 0 Å². The Hall–Kier alpha value is -3.57. The van der Waals surface area contributed by atoms with Crippen LogP contribution in [0.1, 0.15) is 35.8 Å². The van der Waals surface area contributed by atoms with Crippen LogP contribution in [0.2, 0.25) is 0 Å². The zero-order valence-corrected chi connectivity index (χ0v) is 19.8. The minimum Gasteiger partial charge on any atom is -0.342 e. The van der Waals surface area contributed by atoms with E-state index in [1.165, 1.54) is 12.1 Å². The minimum atomic E-state index is -0.996. The third-order valence-corrected chi connectivity index (χ3v) is 7.04. The number of hydrogen-bond donors (Lipinski definition) is 0. The average Bonchev–Trinajstić information content (AvgIpc) is 3.49. The molecule has 5 heterocycles. The van der Waals surface area contributed by atoms with Gasteiger partial charge in [-0.15, -0.1) is 0 Å². The Kier molecular flexibility index (Phi) is 4.65. The summed E-state index contributed by atoms with van der Waals surface area (Å²) in [5.74, 6) is -2.03. The summed E-state index contributed by atoms with van der Waals surface area (Å²) in [6.07, 6.45) is 5.83. The molecule has 184 valence electrons. The predicted molar refractivity (Wildman–Crippen MR) is 125 cm³/mol. The van der Waals surface area contributed by atoms with Crippen molar-refractivity contribution in [3.05, 3.63) is 59.2 Å². The van der Waals surface area contributed by atoms with E-state index in [1.54, 1.807) is 6.20 Å². The van der Waals surface area contributed by atoms with Gasteiger partial charge in [0.05, 0.1) is 42.3 Å². The smallest absolute Gasteiger partial charge is 0.228 e. The van der Waals surface area contributed by atoms with E-state index in [2.05, 4.69) is 15.1 Å². The zero-order valence-electron chi connectivity index (χ0n) is 19.8. The van der Waals surface area contributed by atoms with Gasteiger partial charge in [-0.05, 0) is 38.8 Å². The zero-order chi connectivity index (χ0) is 24.6. The lowest BCUT2D eigenvalue weighted by Gasteiger charge is -2.38. The van der Waals surface area contributed by atoms with E-state index in [-0.39, 0.29) is 17.4 Å². The van der Waals surface area contributed by atoms with Gasteiger partial charge in [0.25, 0.3) is 0 Å². The van der Waals surface area contributed by atoms with Crippen LogP contribution in [0.15, 0.2) is 30.6 Å². The number of aromatic nitrogens is 6. The second-order valence-corrected chi connectivity index (χ2v) is 9.69. The number of halogens is 2. The van der Waals surface area contributed by atoms with Crippen molar-refractivity contribution >= 4 is 17.1 Å². The predicted octanol–water partition coefficient (Wildman–Crippen LogP) is 3.60. The summed E-state index contributed by atoms with van der Waals surface area (Å²) in [7, 11) is 0. The molecule has 4 aromatic rings. The molecule has 36 heavy (non-hydrogen) atoms. The average molecular weight is 492 g/mol. The molecule has 0 spiro atoms. The molecule has 0 radical (unpaired) electrons. The summed E-state index contributed by atoms with van der Waals surface area (Å²) in [5, 5.41) is 4.51. The highest BCUT2D eigenvalue weighted by Gasteiger charge is 2.51. The van der Waals surface area contributed by atoms with Crippen molar-refractivity contribution in [2.24, 2.45) is 0 Å². The standard InChI is InChI=1S/C25H23F2N7O2/c1-13-14(2)30-23-22(29-13)21(19-6-3-16(26)7-20(19)27)31-24(32-23)33-10-18-11-35-25(12-33,36-18)15-8-28-34(9-15)17-4-5-17/h3,6-9,17-18H,4-5,10-12H2,1-2H3. The van der Waals surface area contributed by atoms with Crippen molar-refractivity contribution in [1.82, 2.24) is 29.7 Å². The number of hydrogen-bond acceptors (Lipinski definition) is 8. The second-order valence-electron chi connectivity index (χ2n) is 9.69. The summed E-state index contributed by atoms with van der Waals surface area (Å²) >= 11 is 0. The van der Waals surface area contributed by atoms with E-state index in [1.807, 2.05) is 29.6 Å². The Morgan fingerprint density at radius 1 is 1.06 bits per heavy atom. The lowest BCUT2D eigenvalue weighted by Crippen LogP contribution is -2.50. The van der Waals surface area contributed by atoms with Gasteiger partial charge in [0.15, 0.2) is 5.65 Å². The molecule has 1 saturated carbocycles. The van der Waals surface area contributed by atoms with Crippen LogP contribution < -0.4 is 4.90 Å². The quantitative estimate of drug-likeness (QED) is 0.428. The van der Waals surface area contributed by atoms with Gasteiger partial charge in [-0.3, -0.25) is 4.68 Å². The molecule has 2 aliphatic heterocycles. The Morgan fingerprint density at radius 2 is 1.89 bits per heavy atom. The number of benzene rings is 1. The SMILES string of the molecule is Cc1nc2nc(N3CC4COC(c5cnn(C6CC6)c5)(C3)O4)nc(-c3ccc(F)cc3F)c2nc1C. The van der Waals surface area contributed by atoms with Crippen LogP contribution in [-0.4, -0.2) is 55.5 Å². The molecule has 11 heteroatoms. The van der Waals surface area contributed by atoms with Crippen molar-refractivity contribution in [2.75, 3.05) is 24.6 Å². The maximum atomic E-state index is 14.9. The molecule has 1 aromatic carbocycles. The first kappa shape index (κ1) is 21.7. The number of rotatable bonds is 4. The molecule has 3 aromatic heterocycles. The lowest BCUT2D eigenvalue weighted by molar-refractivity contribution is -0.179. The molecule has 0 N–H and O–H groups in total. The van der Waals surface area contributed by atoms with E-state index in [9.17, 15) is 8.78 Å². The third kappa shape index (κ3) is 3.45. The molecular weight excluding hydrogens is 468 g/mol. The fourth-order valence-corrected chi connectivity index (χ4v) is 4.88. The Bertz CT molecular complexity index is 1520. The van der Waals surface area contributed by atoms with E-state index >= 15 is 0 Å². The second kappa shape index (κ2) is 7.71. The monoisotopic (exact) mass is 491 g/mol. The first-order chi connectivity index (χ1) is 17.4. The normalized spacial score (nSPS) is 23.6. The Balaban J connectivity index is 1.34. The Labute approximate surface area is 205 Å². The van der Waals surface area contributed by atoms with Crippen LogP contribution >= 0.6 is 0 Å². The minimum absolute atomic E-state index is 0.135. The van der Waals surface area contributed by atoms with Crippen molar-refractivity contribution in [1.29, 1.82) is 0 Å². The van der Waals surface area contributed by atoms with Gasteiger partial charge in [-0.1, -0.05) is 0 Å². The van der Waals surface area contributed by atoms with Gasteiger partial charge >= 0.3 is 0 Å². The van der Waals surface area contributed by atoms with Gasteiger partial charge in [0.2, 0.25) is 11.7 Å². The summed E-state index contributed by atoms with van der Waals surface area (Å²) in [6.45, 7) is 4.92. The van der Waals surface area contributed by atoms with Crippen LogP contribution in [0.5, 0.6) is 0 Å². The van der Waals surface area contributed by atoms with Gasteiger partial charge in [0.1, 0.15) is 28.9 Å². The lowest BCUT2D eigenvalue weighted by atomic mass is 10.1. The Morgan fingerprint density at radius 3 is 2.69 bits per heavy atom. The van der Waals surface area contributed by atoms with Gasteiger partial charge < -0.3 is 14.4 Å². The van der Waals surface area contributed by atoms with E-state index in [0.29, 0.717) is 54.2 Å². The van der Waals surface area contributed by atoms with Crippen LogP contribution in [-0.2, 0) is 15.3 Å². The molecule has 9 nitrogen and oxygen atoms in total. The number of ether oxygens (including phenoxy) is 2. The fourth-order valence-electron chi connectivity index (χ4n) is 4.88. The number of fused-ring (bicyclic) bond motifs is 3. The van der Waals surface area contributed by atoms with E-state index in [4.69, 9.17) is 19.4 Å². The maximum Gasteiger partial charge on any atom is 0.228 e. The number of morpholine rings is 1. The molecule has 3 aliphatic rings. The summed E-state index contributed by atoms with van der Waals surface area (Å²) < 4.78 is 43.0. The molecule has 2 atom stereocenters. The number of nitrogens with zero attached hydrogens (tertiary/aromatic N) is 7. The van der Waals surface area contributed by atoms with E-state index in [0.717, 1.165) is 24.5 Å². The first-order valence-corrected chi connectivity index (χ1v) is 12.0. The third-order valence-electron chi connectivity index (χ3n) is 7.04. The maximum absolute atomic E-state index is 14.9. The van der Waals surface area contributed by atoms with Crippen molar-refractivity contribution < 1.29 is 18.3 Å². The number of aryl methyl sites for hydroxylation is 2. The highest BCUT2D eigenvalue weighted by molar-refractivity contribution is 5.88. The highest BCUT2D eigenvalue weighted by Crippen LogP contribution is 2.42. The van der Waals surface area contributed by atoms with E-state index < -0.39 is 17.4 Å². The van der Waals surface area contributed by atoms with Crippen LogP contribution in [0.25, 0.3) is 22.4 Å². The van der Waals surface area contributed by atoms with Crippen LogP contribution in [0.4, 0.5) is 14.7 Å². The molecule has 0 amide bonds. The van der Waals surface area contributed by atoms with Gasteiger partial charge in [-0.25, -0.2) is 23.7 Å². The summed E-state index contributed by atoms with van der Waals surface area (Å²) in [5.41, 5.74) is 3.35. The molecule has 2 bridgehead atoms. The first-order valence-electron chi connectivity index (χ1n) is 12.0. The van der Waals surface area contributed by atoms with Crippen molar-refractivity contribution in [3.63, 3.8) is 0 Å². The largest absolute Gasteiger partial charge is 0.342 e. The fraction of sp³-hybridized carbons (Fsp3) is 0.400. The molecule has 2 saturated heterocycles. The highest BCUT2D eigenvalue weighted by atomic mass is 19.1. The summed E-state index contributed by atoms with van der Waals surface area (Å²) in [6, 6.07) is 3.85. The molecule has 2 unspecified atom stereocenters. The molecule has 7 rings (SSSR count). The summed E-state index contributed by atoms with van der Waals surface area (Å²) in [4.78, 5) is 20.6. The van der Waals surface area contributed by atoms with Gasteiger partial charge in [-0.2, -0.15) is 10.1 Å². The molecule has 1 aliphatic carbocycles.